The second-order valence-corrected chi connectivity index (χ2v) is 17.8. The Bertz CT molecular complexity index is 1310. The van der Waals surface area contributed by atoms with Crippen LogP contribution in [0.1, 0.15) is 83.1 Å². The number of ether oxygens (including phenoxy) is 1. The van der Waals surface area contributed by atoms with E-state index in [1.807, 2.05) is 6.26 Å². The van der Waals surface area contributed by atoms with Crippen molar-refractivity contribution in [2.45, 2.75) is 107 Å². The maximum Gasteiger partial charge on any atom is 0.243 e. The first-order chi connectivity index (χ1) is 22.8. The molecule has 2 aliphatic carbocycles. The number of amides is 3. The van der Waals surface area contributed by atoms with Crippen molar-refractivity contribution in [3.63, 3.8) is 0 Å². The van der Waals surface area contributed by atoms with Gasteiger partial charge in [0.2, 0.25) is 17.7 Å². The van der Waals surface area contributed by atoms with E-state index in [-0.39, 0.29) is 18.1 Å². The number of nitrogens with zero attached hydrogens (tertiary/aromatic N) is 1. The van der Waals surface area contributed by atoms with Crippen LogP contribution in [0.15, 0.2) is 30.3 Å². The van der Waals surface area contributed by atoms with Crippen LogP contribution in [0.5, 0.6) is 0 Å². The number of nitrogens with one attached hydrogen (secondary N) is 2. The van der Waals surface area contributed by atoms with Gasteiger partial charge in [-0.2, -0.15) is 11.8 Å². The molecule has 2 saturated carbocycles. The SMILES string of the molecule is CSCC(NC(=O)CC(CS(=O)(=O)C(C)(C)C(=O)N1CCOCC1)c1ccccc1)C(=O)NC(CC1CCCCC1)C(O)C(O)C1CC1. The minimum Gasteiger partial charge on any atom is -0.390 e. The van der Waals surface area contributed by atoms with Gasteiger partial charge in [-0.3, -0.25) is 14.4 Å². The summed E-state index contributed by atoms with van der Waals surface area (Å²) in [5, 5.41) is 27.7. The molecule has 11 nitrogen and oxygen atoms in total. The van der Waals surface area contributed by atoms with Crippen LogP contribution in [0, 0.1) is 11.8 Å². The Hall–Kier alpha value is -2.19. The zero-order valence-corrected chi connectivity index (χ0v) is 30.3. The summed E-state index contributed by atoms with van der Waals surface area (Å²) in [6, 6.07) is 7.30. The normalized spacial score (nSPS) is 21.1. The van der Waals surface area contributed by atoms with E-state index in [4.69, 9.17) is 4.74 Å². The molecule has 0 aromatic heterocycles. The predicted molar refractivity (Wildman–Crippen MR) is 187 cm³/mol. The number of rotatable bonds is 17. The number of aliphatic hydroxyl groups is 2. The molecule has 0 bridgehead atoms. The van der Waals surface area contributed by atoms with Gasteiger partial charge in [-0.15, -0.1) is 0 Å². The number of carbonyl (C=O) groups is 3. The van der Waals surface area contributed by atoms with E-state index in [0.29, 0.717) is 44.2 Å². The van der Waals surface area contributed by atoms with Crippen LogP contribution >= 0.6 is 11.8 Å². The Morgan fingerprint density at radius 3 is 2.25 bits per heavy atom. The lowest BCUT2D eigenvalue weighted by molar-refractivity contribution is -0.137. The molecule has 3 aliphatic rings. The van der Waals surface area contributed by atoms with Crippen LogP contribution in [0.3, 0.4) is 0 Å². The van der Waals surface area contributed by atoms with Crippen molar-refractivity contribution in [1.29, 1.82) is 0 Å². The fourth-order valence-electron chi connectivity index (χ4n) is 6.88. The molecule has 1 aliphatic heterocycles. The van der Waals surface area contributed by atoms with E-state index in [1.165, 1.54) is 36.9 Å². The van der Waals surface area contributed by atoms with Crippen LogP contribution in [-0.4, -0.2) is 114 Å². The van der Waals surface area contributed by atoms with Crippen LogP contribution in [-0.2, 0) is 29.0 Å². The molecule has 3 amide bonds. The fourth-order valence-corrected chi connectivity index (χ4v) is 9.10. The zero-order chi connectivity index (χ0) is 34.9. The monoisotopic (exact) mass is 709 g/mol. The number of aliphatic hydroxyl groups excluding tert-OH is 2. The number of benzene rings is 1. The maximum atomic E-state index is 13.9. The standard InChI is InChI=1S/C35H55N3O8S2/c1-35(2,34(43)38-16-18-46-19-17-38)48(44,45)23-27(25-12-8-5-9-13-25)21-30(39)36-29(22-47-3)33(42)37-28(20-24-10-6-4-7-11-24)32(41)31(40)26-14-15-26/h5,8-9,12-13,24,26-29,31-32,40-41H,4,6-7,10-11,14-23H2,1-3H3,(H,36,39)(H,37,42). The molecule has 1 saturated heterocycles. The van der Waals surface area contributed by atoms with Gasteiger partial charge in [0.15, 0.2) is 9.84 Å². The summed E-state index contributed by atoms with van der Waals surface area (Å²) in [4.78, 5) is 42.2. The molecule has 5 atom stereocenters. The Morgan fingerprint density at radius 2 is 1.65 bits per heavy atom. The van der Waals surface area contributed by atoms with Crippen LogP contribution in [0.2, 0.25) is 0 Å². The summed E-state index contributed by atoms with van der Waals surface area (Å²) >= 11 is 1.38. The quantitative estimate of drug-likeness (QED) is 0.191. The number of hydrogen-bond donors (Lipinski definition) is 4. The third-order valence-corrected chi connectivity index (χ3v) is 13.4. The Balaban J connectivity index is 1.47. The van der Waals surface area contributed by atoms with Gasteiger partial charge in [0.25, 0.3) is 0 Å². The number of sulfone groups is 1. The van der Waals surface area contributed by atoms with Crippen LogP contribution in [0.25, 0.3) is 0 Å². The molecule has 1 aromatic rings. The number of carbonyl (C=O) groups excluding carboxylic acids is 3. The summed E-state index contributed by atoms with van der Waals surface area (Å²) in [6.07, 6.45) is 7.27. The van der Waals surface area contributed by atoms with Crippen molar-refractivity contribution in [2.24, 2.45) is 11.8 Å². The minimum atomic E-state index is -4.05. The topological polar surface area (TPSA) is 162 Å². The molecule has 48 heavy (non-hydrogen) atoms. The number of morpholine rings is 1. The summed E-state index contributed by atoms with van der Waals surface area (Å²) in [6.45, 7) is 4.17. The van der Waals surface area contributed by atoms with Crippen LogP contribution in [0.4, 0.5) is 0 Å². The van der Waals surface area contributed by atoms with E-state index in [9.17, 15) is 33.0 Å². The molecule has 13 heteroatoms. The van der Waals surface area contributed by atoms with E-state index < -0.39 is 68.3 Å². The van der Waals surface area contributed by atoms with Crippen molar-refractivity contribution < 1.29 is 37.8 Å². The summed E-state index contributed by atoms with van der Waals surface area (Å²) in [5.74, 6) is -1.98. The van der Waals surface area contributed by atoms with E-state index >= 15 is 0 Å². The molecule has 270 valence electrons. The maximum absolute atomic E-state index is 13.9. The highest BCUT2D eigenvalue weighted by Gasteiger charge is 2.46. The third kappa shape index (κ3) is 10.4. The van der Waals surface area contributed by atoms with Crippen molar-refractivity contribution >= 4 is 39.3 Å². The zero-order valence-electron chi connectivity index (χ0n) is 28.6. The molecular formula is C35H55N3O8S2. The average Bonchev–Trinajstić information content (AvgIpc) is 3.93. The van der Waals surface area contributed by atoms with E-state index in [1.54, 1.807) is 30.3 Å². The van der Waals surface area contributed by atoms with Gasteiger partial charge in [0.05, 0.1) is 31.1 Å². The first-order valence-corrected chi connectivity index (χ1v) is 20.5. The first kappa shape index (κ1) is 38.6. The van der Waals surface area contributed by atoms with Crippen molar-refractivity contribution in [2.75, 3.05) is 44.1 Å². The van der Waals surface area contributed by atoms with Crippen molar-refractivity contribution in [3.8, 4) is 0 Å². The Labute approximate surface area is 290 Å². The first-order valence-electron chi connectivity index (χ1n) is 17.4. The Kier molecular flexibility index (Phi) is 14.2. The summed E-state index contributed by atoms with van der Waals surface area (Å²) in [7, 11) is -4.05. The molecule has 1 aromatic carbocycles. The number of hydrogen-bond acceptors (Lipinski definition) is 9. The van der Waals surface area contributed by atoms with Gasteiger partial charge in [0, 0.05) is 31.2 Å². The van der Waals surface area contributed by atoms with Crippen molar-refractivity contribution in [3.05, 3.63) is 35.9 Å². The lowest BCUT2D eigenvalue weighted by Crippen LogP contribution is -2.56. The van der Waals surface area contributed by atoms with Gasteiger partial charge >= 0.3 is 0 Å². The molecule has 3 fully saturated rings. The average molecular weight is 710 g/mol. The highest BCUT2D eigenvalue weighted by atomic mass is 32.2. The second kappa shape index (κ2) is 17.6. The van der Waals surface area contributed by atoms with Crippen LogP contribution < -0.4 is 10.6 Å². The van der Waals surface area contributed by atoms with Gasteiger partial charge in [-0.1, -0.05) is 62.4 Å². The molecule has 5 unspecified atom stereocenters. The van der Waals surface area contributed by atoms with E-state index in [0.717, 1.165) is 38.5 Å². The summed E-state index contributed by atoms with van der Waals surface area (Å²) in [5.41, 5.74) is 0.640. The highest BCUT2D eigenvalue weighted by molar-refractivity contribution is 7.98. The molecular weight excluding hydrogens is 655 g/mol. The second-order valence-electron chi connectivity index (χ2n) is 14.3. The number of thioether (sulfide) groups is 1. The Morgan fingerprint density at radius 1 is 1.00 bits per heavy atom. The lowest BCUT2D eigenvalue weighted by atomic mass is 9.82. The largest absolute Gasteiger partial charge is 0.390 e. The van der Waals surface area contributed by atoms with Gasteiger partial charge in [-0.25, -0.2) is 8.42 Å². The predicted octanol–water partition coefficient (Wildman–Crippen LogP) is 2.65. The lowest BCUT2D eigenvalue weighted by Gasteiger charge is -2.34. The highest BCUT2D eigenvalue weighted by Crippen LogP contribution is 2.36. The molecule has 0 spiro atoms. The smallest absolute Gasteiger partial charge is 0.243 e. The summed E-state index contributed by atoms with van der Waals surface area (Å²) < 4.78 is 31.4. The van der Waals surface area contributed by atoms with E-state index in [2.05, 4.69) is 10.6 Å². The fraction of sp³-hybridized carbons (Fsp3) is 0.743. The molecule has 4 N–H and O–H groups in total. The van der Waals surface area contributed by atoms with Gasteiger partial charge in [-0.05, 0) is 56.8 Å². The molecule has 0 radical (unpaired) electrons. The third-order valence-electron chi connectivity index (χ3n) is 10.2. The molecule has 4 rings (SSSR count). The van der Waals surface area contributed by atoms with Crippen molar-refractivity contribution in [1.82, 2.24) is 15.5 Å². The molecule has 1 heterocycles. The minimum absolute atomic E-state index is 0.0350. The van der Waals surface area contributed by atoms with Gasteiger partial charge < -0.3 is 30.5 Å². The van der Waals surface area contributed by atoms with Gasteiger partial charge in [0.1, 0.15) is 16.9 Å².